The van der Waals surface area contributed by atoms with E-state index in [-0.39, 0.29) is 18.1 Å². The fourth-order valence-electron chi connectivity index (χ4n) is 2.81. The van der Waals surface area contributed by atoms with Gasteiger partial charge in [-0.3, -0.25) is 9.48 Å². The van der Waals surface area contributed by atoms with Crippen molar-refractivity contribution in [1.82, 2.24) is 20.4 Å². The molecule has 2 N–H and O–H groups in total. The van der Waals surface area contributed by atoms with Gasteiger partial charge in [0.25, 0.3) is 0 Å². The molecule has 0 bridgehead atoms. The molecule has 1 heterocycles. The first-order chi connectivity index (χ1) is 11.9. The van der Waals surface area contributed by atoms with Crippen LogP contribution in [0.3, 0.4) is 0 Å². The third-order valence-corrected chi connectivity index (χ3v) is 3.94. The van der Waals surface area contributed by atoms with Crippen molar-refractivity contribution in [2.24, 2.45) is 7.05 Å². The van der Waals surface area contributed by atoms with Gasteiger partial charge in [0, 0.05) is 46.3 Å². The van der Waals surface area contributed by atoms with Crippen molar-refractivity contribution < 1.29 is 9.18 Å². The molecule has 0 aliphatic rings. The van der Waals surface area contributed by atoms with Crippen molar-refractivity contribution in [2.75, 3.05) is 32.1 Å². The van der Waals surface area contributed by atoms with Crippen molar-refractivity contribution in [2.45, 2.75) is 19.9 Å². The molecule has 0 aliphatic heterocycles. The molecule has 1 amide bonds. The Hall–Kier alpha value is -2.41. The lowest BCUT2D eigenvalue weighted by molar-refractivity contribution is -0.120. The van der Waals surface area contributed by atoms with Crippen LogP contribution in [0.15, 0.2) is 24.3 Å². The van der Waals surface area contributed by atoms with Crippen LogP contribution >= 0.6 is 0 Å². The summed E-state index contributed by atoms with van der Waals surface area (Å²) in [5.74, 6) is 0.710. The molecule has 0 radical (unpaired) electrons. The summed E-state index contributed by atoms with van der Waals surface area (Å²) < 4.78 is 14.7. The Kier molecular flexibility index (Phi) is 6.52. The SMILES string of the molecule is Cc1nn(C)c(N(C)C)c1CNCCNC(=O)Cc1ccc(F)cc1. The second-order valence-corrected chi connectivity index (χ2v) is 6.24. The van der Waals surface area contributed by atoms with E-state index >= 15 is 0 Å². The Balaban J connectivity index is 1.73. The van der Waals surface area contributed by atoms with E-state index in [2.05, 4.69) is 15.7 Å². The smallest absolute Gasteiger partial charge is 0.224 e. The molecule has 0 atom stereocenters. The number of aromatic nitrogens is 2. The van der Waals surface area contributed by atoms with Crippen molar-refractivity contribution in [1.29, 1.82) is 0 Å². The number of hydrogen-bond acceptors (Lipinski definition) is 4. The standard InChI is InChI=1S/C18H26FN5O/c1-13-16(18(23(2)3)24(4)22-13)12-20-9-10-21-17(25)11-14-5-7-15(19)8-6-14/h5-8,20H,9-12H2,1-4H3,(H,21,25). The second kappa shape index (κ2) is 8.62. The second-order valence-electron chi connectivity index (χ2n) is 6.24. The van der Waals surface area contributed by atoms with Gasteiger partial charge in [-0.05, 0) is 24.6 Å². The lowest BCUT2D eigenvalue weighted by Gasteiger charge is -2.15. The Morgan fingerprint density at radius 3 is 2.56 bits per heavy atom. The van der Waals surface area contributed by atoms with Crippen LogP contribution in [-0.2, 0) is 24.8 Å². The number of aryl methyl sites for hydroxylation is 2. The van der Waals surface area contributed by atoms with Crippen LogP contribution in [0.5, 0.6) is 0 Å². The van der Waals surface area contributed by atoms with Gasteiger partial charge in [0.05, 0.1) is 12.1 Å². The molecule has 6 nitrogen and oxygen atoms in total. The summed E-state index contributed by atoms with van der Waals surface area (Å²) in [6, 6.07) is 5.98. The number of anilines is 1. The number of nitrogens with zero attached hydrogens (tertiary/aromatic N) is 3. The van der Waals surface area contributed by atoms with E-state index in [9.17, 15) is 9.18 Å². The zero-order chi connectivity index (χ0) is 18.4. The molecule has 0 aliphatic carbocycles. The number of hydrogen-bond donors (Lipinski definition) is 2. The molecule has 1 aromatic heterocycles. The molecule has 0 saturated carbocycles. The van der Waals surface area contributed by atoms with Crippen molar-refractivity contribution in [3.05, 3.63) is 46.9 Å². The summed E-state index contributed by atoms with van der Waals surface area (Å²) in [6.45, 7) is 3.89. The topological polar surface area (TPSA) is 62.2 Å². The fraction of sp³-hybridized carbons (Fsp3) is 0.444. The number of halogens is 1. The molecular formula is C18H26FN5O. The van der Waals surface area contributed by atoms with E-state index in [1.165, 1.54) is 12.1 Å². The Morgan fingerprint density at radius 1 is 1.24 bits per heavy atom. The third-order valence-electron chi connectivity index (χ3n) is 3.94. The predicted molar refractivity (Wildman–Crippen MR) is 97.1 cm³/mol. The molecule has 25 heavy (non-hydrogen) atoms. The molecule has 0 unspecified atom stereocenters. The molecule has 2 rings (SSSR count). The van der Waals surface area contributed by atoms with Gasteiger partial charge in [-0.25, -0.2) is 4.39 Å². The molecule has 0 fully saturated rings. The average molecular weight is 347 g/mol. The van der Waals surface area contributed by atoms with Crippen molar-refractivity contribution in [3.63, 3.8) is 0 Å². The zero-order valence-corrected chi connectivity index (χ0v) is 15.3. The number of nitrogens with one attached hydrogen (secondary N) is 2. The molecule has 136 valence electrons. The number of benzene rings is 1. The average Bonchev–Trinajstić information content (AvgIpc) is 2.83. The summed E-state index contributed by atoms with van der Waals surface area (Å²) >= 11 is 0. The first kappa shape index (κ1) is 18.9. The minimum atomic E-state index is -0.295. The Bertz CT molecular complexity index is 709. The third kappa shape index (κ3) is 5.29. The van der Waals surface area contributed by atoms with Gasteiger partial charge < -0.3 is 15.5 Å². The van der Waals surface area contributed by atoms with Crippen molar-refractivity contribution in [3.8, 4) is 0 Å². The quantitative estimate of drug-likeness (QED) is 0.709. The summed E-state index contributed by atoms with van der Waals surface area (Å²) in [5, 5.41) is 10.6. The van der Waals surface area contributed by atoms with Gasteiger partial charge in [0.15, 0.2) is 0 Å². The summed E-state index contributed by atoms with van der Waals surface area (Å²) in [6.07, 6.45) is 0.257. The highest BCUT2D eigenvalue weighted by molar-refractivity contribution is 5.78. The minimum absolute atomic E-state index is 0.0695. The fourth-order valence-corrected chi connectivity index (χ4v) is 2.81. The molecule has 1 aromatic carbocycles. The number of carbonyl (C=O) groups excluding carboxylic acids is 1. The monoisotopic (exact) mass is 347 g/mol. The van der Waals surface area contributed by atoms with Crippen LogP contribution in [0, 0.1) is 12.7 Å². The molecule has 2 aromatic rings. The van der Waals surface area contributed by atoms with Gasteiger partial charge in [-0.1, -0.05) is 12.1 Å². The highest BCUT2D eigenvalue weighted by Gasteiger charge is 2.14. The van der Waals surface area contributed by atoms with Crippen LogP contribution in [0.4, 0.5) is 10.2 Å². The maximum absolute atomic E-state index is 12.8. The van der Waals surface area contributed by atoms with Crippen LogP contribution in [0.25, 0.3) is 0 Å². The Morgan fingerprint density at radius 2 is 1.92 bits per heavy atom. The summed E-state index contributed by atoms with van der Waals surface area (Å²) in [5.41, 5.74) is 2.96. The van der Waals surface area contributed by atoms with Gasteiger partial charge in [-0.2, -0.15) is 5.10 Å². The molecular weight excluding hydrogens is 321 g/mol. The van der Waals surface area contributed by atoms with E-state index < -0.39 is 0 Å². The number of amides is 1. The molecule has 0 saturated heterocycles. The van der Waals surface area contributed by atoms with Crippen LogP contribution < -0.4 is 15.5 Å². The maximum Gasteiger partial charge on any atom is 0.224 e. The van der Waals surface area contributed by atoms with Gasteiger partial charge in [0.2, 0.25) is 5.91 Å². The van der Waals surface area contributed by atoms with E-state index in [4.69, 9.17) is 0 Å². The lowest BCUT2D eigenvalue weighted by Crippen LogP contribution is -2.32. The lowest BCUT2D eigenvalue weighted by atomic mass is 10.1. The van der Waals surface area contributed by atoms with Gasteiger partial charge in [-0.15, -0.1) is 0 Å². The summed E-state index contributed by atoms with van der Waals surface area (Å²) in [4.78, 5) is 13.9. The van der Waals surface area contributed by atoms with E-state index in [0.717, 1.165) is 22.6 Å². The van der Waals surface area contributed by atoms with E-state index in [1.807, 2.05) is 37.6 Å². The van der Waals surface area contributed by atoms with E-state index in [1.54, 1.807) is 12.1 Å². The Labute approximate surface area is 148 Å². The van der Waals surface area contributed by atoms with Crippen LogP contribution in [-0.4, -0.2) is 42.9 Å². The normalized spacial score (nSPS) is 10.8. The van der Waals surface area contributed by atoms with E-state index in [0.29, 0.717) is 19.6 Å². The minimum Gasteiger partial charge on any atom is -0.363 e. The number of rotatable bonds is 8. The largest absolute Gasteiger partial charge is 0.363 e. The molecule has 7 heteroatoms. The van der Waals surface area contributed by atoms with Gasteiger partial charge in [0.1, 0.15) is 11.6 Å². The van der Waals surface area contributed by atoms with Crippen LogP contribution in [0.2, 0.25) is 0 Å². The highest BCUT2D eigenvalue weighted by Crippen LogP contribution is 2.20. The van der Waals surface area contributed by atoms with Crippen LogP contribution in [0.1, 0.15) is 16.8 Å². The zero-order valence-electron chi connectivity index (χ0n) is 15.3. The van der Waals surface area contributed by atoms with Crippen molar-refractivity contribution >= 4 is 11.7 Å². The number of carbonyl (C=O) groups is 1. The first-order valence-corrected chi connectivity index (χ1v) is 8.30. The molecule has 0 spiro atoms. The van der Waals surface area contributed by atoms with Gasteiger partial charge >= 0.3 is 0 Å². The first-order valence-electron chi connectivity index (χ1n) is 8.30. The highest BCUT2D eigenvalue weighted by atomic mass is 19.1. The maximum atomic E-state index is 12.8. The summed E-state index contributed by atoms with van der Waals surface area (Å²) in [7, 11) is 5.92. The predicted octanol–water partition coefficient (Wildman–Crippen LogP) is 1.38.